The van der Waals surface area contributed by atoms with Crippen LogP contribution in [0.5, 0.6) is 5.75 Å². The van der Waals surface area contributed by atoms with Crippen LogP contribution >= 0.6 is 0 Å². The zero-order valence-corrected chi connectivity index (χ0v) is 10.6. The molecular weight excluding hydrogens is 248 g/mol. The van der Waals surface area contributed by atoms with Crippen molar-refractivity contribution >= 4 is 17.6 Å². The highest BCUT2D eigenvalue weighted by Gasteiger charge is 2.12. The molecule has 7 nitrogen and oxygen atoms in total. The second-order valence-electron chi connectivity index (χ2n) is 3.77. The maximum atomic E-state index is 11.9. The highest BCUT2D eigenvalue weighted by molar-refractivity contribution is 6.03. The largest absolute Gasteiger partial charge is 0.492 e. The molecule has 0 radical (unpaired) electrons. The number of nitrogens with two attached hydrogens (primary N) is 1. The van der Waals surface area contributed by atoms with E-state index in [0.717, 1.165) is 0 Å². The first-order valence-electron chi connectivity index (χ1n) is 5.74. The molecule has 1 aromatic heterocycles. The number of carbonyl (C=O) groups is 1. The summed E-state index contributed by atoms with van der Waals surface area (Å²) in [6.45, 7) is 4.01. The molecule has 1 aromatic carbocycles. The Bertz CT molecular complexity index is 594. The van der Waals surface area contributed by atoms with E-state index in [4.69, 9.17) is 14.9 Å². The maximum Gasteiger partial charge on any atom is 0.322 e. The fourth-order valence-electron chi connectivity index (χ4n) is 1.49. The van der Waals surface area contributed by atoms with E-state index in [1.54, 1.807) is 19.1 Å². The summed E-state index contributed by atoms with van der Waals surface area (Å²) in [6, 6.07) is 4.84. The molecule has 0 unspecified atom stereocenters. The number of aryl methyl sites for hydroxylation is 1. The van der Waals surface area contributed by atoms with Crippen LogP contribution in [0.3, 0.4) is 0 Å². The minimum atomic E-state index is -0.376. The van der Waals surface area contributed by atoms with Crippen LogP contribution in [0.1, 0.15) is 23.2 Å². The Labute approximate surface area is 109 Å². The quantitative estimate of drug-likeness (QED) is 0.811. The van der Waals surface area contributed by atoms with Crippen molar-refractivity contribution in [3.63, 3.8) is 0 Å². The molecule has 7 heteroatoms. The summed E-state index contributed by atoms with van der Waals surface area (Å²) in [6.07, 6.45) is 0. The van der Waals surface area contributed by atoms with E-state index in [0.29, 0.717) is 29.5 Å². The summed E-state index contributed by atoms with van der Waals surface area (Å²) in [4.78, 5) is 11.9. The molecule has 2 rings (SSSR count). The third kappa shape index (κ3) is 3.01. The van der Waals surface area contributed by atoms with Gasteiger partial charge in [-0.25, -0.2) is 0 Å². The molecule has 0 aliphatic heterocycles. The topological polar surface area (TPSA) is 103 Å². The SMILES string of the molecule is CCOc1ccc(C(=O)Nc2nnc(C)o2)cc1N. The number of anilines is 2. The lowest BCUT2D eigenvalue weighted by Gasteiger charge is -2.08. The first kappa shape index (κ1) is 12.9. The van der Waals surface area contributed by atoms with E-state index in [1.165, 1.54) is 6.07 Å². The number of carbonyl (C=O) groups excluding carboxylic acids is 1. The van der Waals surface area contributed by atoms with Crippen molar-refractivity contribution in [1.82, 2.24) is 10.2 Å². The number of rotatable bonds is 4. The van der Waals surface area contributed by atoms with Crippen molar-refractivity contribution in [2.45, 2.75) is 13.8 Å². The second kappa shape index (κ2) is 5.38. The van der Waals surface area contributed by atoms with Crippen molar-refractivity contribution in [2.24, 2.45) is 0 Å². The molecule has 0 aliphatic carbocycles. The van der Waals surface area contributed by atoms with Gasteiger partial charge in [0.2, 0.25) is 5.89 Å². The zero-order chi connectivity index (χ0) is 13.8. The van der Waals surface area contributed by atoms with Gasteiger partial charge in [-0.2, -0.15) is 0 Å². The molecule has 3 N–H and O–H groups in total. The van der Waals surface area contributed by atoms with Gasteiger partial charge in [-0.1, -0.05) is 5.10 Å². The number of nitrogen functional groups attached to an aromatic ring is 1. The van der Waals surface area contributed by atoms with E-state index in [-0.39, 0.29) is 11.9 Å². The molecular formula is C12H14N4O3. The second-order valence-corrected chi connectivity index (χ2v) is 3.77. The molecule has 0 saturated carbocycles. The molecule has 1 heterocycles. The molecule has 2 aromatic rings. The number of aromatic nitrogens is 2. The maximum absolute atomic E-state index is 11.9. The fraction of sp³-hybridized carbons (Fsp3) is 0.250. The minimum Gasteiger partial charge on any atom is -0.492 e. The van der Waals surface area contributed by atoms with Crippen LogP contribution in [0.25, 0.3) is 0 Å². The number of hydrogen-bond acceptors (Lipinski definition) is 6. The predicted octanol–water partition coefficient (Wildman–Crippen LogP) is 1.61. The molecule has 0 atom stereocenters. The van der Waals surface area contributed by atoms with Gasteiger partial charge < -0.3 is 14.9 Å². The summed E-state index contributed by atoms with van der Waals surface area (Å²) in [7, 11) is 0. The first-order valence-corrected chi connectivity index (χ1v) is 5.74. The summed E-state index contributed by atoms with van der Waals surface area (Å²) < 4.78 is 10.4. The van der Waals surface area contributed by atoms with Gasteiger partial charge in [0.05, 0.1) is 12.3 Å². The molecule has 0 spiro atoms. The minimum absolute atomic E-state index is 0.0509. The van der Waals surface area contributed by atoms with Crippen molar-refractivity contribution in [1.29, 1.82) is 0 Å². The fourth-order valence-corrected chi connectivity index (χ4v) is 1.49. The third-order valence-electron chi connectivity index (χ3n) is 2.32. The van der Waals surface area contributed by atoms with Crippen LogP contribution in [-0.2, 0) is 0 Å². The van der Waals surface area contributed by atoms with Crippen molar-refractivity contribution in [3.8, 4) is 5.75 Å². The molecule has 0 bridgehead atoms. The normalized spacial score (nSPS) is 10.2. The van der Waals surface area contributed by atoms with Gasteiger partial charge >= 0.3 is 6.01 Å². The Morgan fingerprint density at radius 2 is 2.26 bits per heavy atom. The number of ether oxygens (including phenoxy) is 1. The first-order chi connectivity index (χ1) is 9.10. The van der Waals surface area contributed by atoms with Crippen LogP contribution in [0.2, 0.25) is 0 Å². The van der Waals surface area contributed by atoms with Gasteiger partial charge in [0, 0.05) is 12.5 Å². The molecule has 1 amide bonds. The van der Waals surface area contributed by atoms with E-state index >= 15 is 0 Å². The predicted molar refractivity (Wildman–Crippen MR) is 69.0 cm³/mol. The Kier molecular flexibility index (Phi) is 3.65. The Morgan fingerprint density at radius 3 is 2.84 bits per heavy atom. The number of amides is 1. The molecule has 100 valence electrons. The number of nitrogens with one attached hydrogen (secondary N) is 1. The lowest BCUT2D eigenvalue weighted by molar-refractivity contribution is 0.102. The number of nitrogens with zero attached hydrogens (tertiary/aromatic N) is 2. The van der Waals surface area contributed by atoms with Gasteiger partial charge in [-0.05, 0) is 25.1 Å². The van der Waals surface area contributed by atoms with Crippen LogP contribution in [0.4, 0.5) is 11.7 Å². The average Bonchev–Trinajstić information content (AvgIpc) is 2.77. The Balaban J connectivity index is 2.13. The summed E-state index contributed by atoms with van der Waals surface area (Å²) >= 11 is 0. The Morgan fingerprint density at radius 1 is 1.47 bits per heavy atom. The summed E-state index contributed by atoms with van der Waals surface area (Å²) in [5.74, 6) is 0.549. The molecule has 19 heavy (non-hydrogen) atoms. The van der Waals surface area contributed by atoms with E-state index in [2.05, 4.69) is 15.5 Å². The van der Waals surface area contributed by atoms with Crippen molar-refractivity contribution in [2.75, 3.05) is 17.7 Å². The van der Waals surface area contributed by atoms with Gasteiger partial charge in [-0.15, -0.1) is 5.10 Å². The smallest absolute Gasteiger partial charge is 0.322 e. The van der Waals surface area contributed by atoms with Crippen LogP contribution in [-0.4, -0.2) is 22.7 Å². The molecule has 0 saturated heterocycles. The van der Waals surface area contributed by atoms with Gasteiger partial charge in [0.25, 0.3) is 5.91 Å². The van der Waals surface area contributed by atoms with Gasteiger partial charge in [0.1, 0.15) is 5.75 Å². The summed E-state index contributed by atoms with van der Waals surface area (Å²) in [5, 5.41) is 9.77. The van der Waals surface area contributed by atoms with Gasteiger partial charge in [0.15, 0.2) is 0 Å². The third-order valence-corrected chi connectivity index (χ3v) is 2.32. The van der Waals surface area contributed by atoms with Crippen LogP contribution in [0, 0.1) is 6.92 Å². The van der Waals surface area contributed by atoms with E-state index in [1.807, 2.05) is 6.92 Å². The monoisotopic (exact) mass is 262 g/mol. The highest BCUT2D eigenvalue weighted by Crippen LogP contribution is 2.22. The standard InChI is InChI=1S/C12H14N4O3/c1-3-18-10-5-4-8(6-9(10)13)11(17)14-12-16-15-7(2)19-12/h4-6H,3,13H2,1-2H3,(H,14,16,17). The highest BCUT2D eigenvalue weighted by atomic mass is 16.5. The van der Waals surface area contributed by atoms with Crippen molar-refractivity contribution < 1.29 is 13.9 Å². The van der Waals surface area contributed by atoms with E-state index in [9.17, 15) is 4.79 Å². The average molecular weight is 262 g/mol. The molecule has 0 aliphatic rings. The van der Waals surface area contributed by atoms with Crippen LogP contribution in [0.15, 0.2) is 22.6 Å². The zero-order valence-electron chi connectivity index (χ0n) is 10.6. The van der Waals surface area contributed by atoms with Crippen LogP contribution < -0.4 is 15.8 Å². The lowest BCUT2D eigenvalue weighted by Crippen LogP contribution is -2.12. The van der Waals surface area contributed by atoms with Gasteiger partial charge in [-0.3, -0.25) is 10.1 Å². The lowest BCUT2D eigenvalue weighted by atomic mass is 10.2. The number of benzene rings is 1. The van der Waals surface area contributed by atoms with E-state index < -0.39 is 0 Å². The van der Waals surface area contributed by atoms with Crippen molar-refractivity contribution in [3.05, 3.63) is 29.7 Å². The Hall–Kier alpha value is -2.57. The molecule has 0 fully saturated rings. The number of hydrogen-bond donors (Lipinski definition) is 2. The summed E-state index contributed by atoms with van der Waals surface area (Å²) in [5.41, 5.74) is 6.57.